The van der Waals surface area contributed by atoms with Gasteiger partial charge in [-0.3, -0.25) is 0 Å². The molecule has 0 spiro atoms. The van der Waals surface area contributed by atoms with Crippen molar-refractivity contribution in [1.29, 1.82) is 0 Å². The second-order valence-electron chi connectivity index (χ2n) is 3.36. The minimum absolute atomic E-state index is 0.406. The quantitative estimate of drug-likeness (QED) is 0.561. The molecule has 0 aliphatic heterocycles. The summed E-state index contributed by atoms with van der Waals surface area (Å²) in [5.74, 6) is 0. The van der Waals surface area contributed by atoms with Gasteiger partial charge in [-0.2, -0.15) is 0 Å². The van der Waals surface area contributed by atoms with Gasteiger partial charge in [0.2, 0.25) is 0 Å². The minimum Gasteiger partial charge on any atom is -0.388 e. The summed E-state index contributed by atoms with van der Waals surface area (Å²) in [7, 11) is 0. The van der Waals surface area contributed by atoms with Crippen molar-refractivity contribution in [2.75, 3.05) is 0 Å². The van der Waals surface area contributed by atoms with Gasteiger partial charge < -0.3 is 14.9 Å². The van der Waals surface area contributed by atoms with Crippen LogP contribution < -0.4 is 0 Å². The van der Waals surface area contributed by atoms with E-state index in [2.05, 4.69) is 0 Å². The van der Waals surface area contributed by atoms with Gasteiger partial charge in [0.05, 0.1) is 5.60 Å². The first-order valence-corrected chi connectivity index (χ1v) is 3.37. The highest BCUT2D eigenvalue weighted by Crippen LogP contribution is 2.10. The van der Waals surface area contributed by atoms with E-state index in [1.54, 1.807) is 0 Å². The van der Waals surface area contributed by atoms with Gasteiger partial charge in [0.15, 0.2) is 6.29 Å². The molecule has 0 aliphatic carbocycles. The van der Waals surface area contributed by atoms with Crippen LogP contribution in [-0.2, 0) is 4.74 Å². The molecule has 0 bridgehead atoms. The third kappa shape index (κ3) is 4.73. The van der Waals surface area contributed by atoms with Crippen molar-refractivity contribution in [3.8, 4) is 0 Å². The molecule has 0 amide bonds. The number of hydrogen-bond donors (Lipinski definition) is 2. The van der Waals surface area contributed by atoms with E-state index in [-0.39, 0.29) is 0 Å². The fourth-order valence-corrected chi connectivity index (χ4v) is 0.461. The van der Waals surface area contributed by atoms with Crippen LogP contribution in [0.5, 0.6) is 0 Å². The summed E-state index contributed by atoms with van der Waals surface area (Å²) in [6, 6.07) is 0. The standard InChI is InChI=1S/C7H16O3/c1-5(8)6(9)10-7(2,3)4/h5-6,8-9H,1-4H3. The molecule has 0 fully saturated rings. The van der Waals surface area contributed by atoms with Gasteiger partial charge in [-0.25, -0.2) is 0 Å². The molecule has 2 atom stereocenters. The van der Waals surface area contributed by atoms with Crippen molar-refractivity contribution in [1.82, 2.24) is 0 Å². The van der Waals surface area contributed by atoms with E-state index in [0.717, 1.165) is 0 Å². The Kier molecular flexibility index (Phi) is 3.28. The molecule has 0 heterocycles. The lowest BCUT2D eigenvalue weighted by Crippen LogP contribution is -2.34. The Balaban J connectivity index is 3.68. The molecule has 2 unspecified atom stereocenters. The Morgan fingerprint density at radius 2 is 1.60 bits per heavy atom. The Labute approximate surface area is 61.6 Å². The maximum Gasteiger partial charge on any atom is 0.181 e. The van der Waals surface area contributed by atoms with E-state index < -0.39 is 18.0 Å². The van der Waals surface area contributed by atoms with Gasteiger partial charge in [-0.05, 0) is 27.7 Å². The Bertz CT molecular complexity index is 93.5. The molecule has 0 aliphatic rings. The van der Waals surface area contributed by atoms with Crippen molar-refractivity contribution in [3.63, 3.8) is 0 Å². The molecular formula is C7H16O3. The molecule has 0 radical (unpaired) electrons. The average molecular weight is 148 g/mol. The molecule has 0 saturated heterocycles. The molecule has 0 saturated carbocycles. The van der Waals surface area contributed by atoms with Crippen molar-refractivity contribution in [2.24, 2.45) is 0 Å². The highest BCUT2D eigenvalue weighted by molar-refractivity contribution is 4.62. The van der Waals surface area contributed by atoms with Crippen LogP contribution in [0.25, 0.3) is 0 Å². The SMILES string of the molecule is CC(O)C(O)OC(C)(C)C. The number of ether oxygens (including phenoxy) is 1. The monoisotopic (exact) mass is 148 g/mol. The number of aliphatic hydroxyl groups excluding tert-OH is 2. The van der Waals surface area contributed by atoms with Crippen LogP contribution in [0.15, 0.2) is 0 Å². The maximum absolute atomic E-state index is 8.99. The Morgan fingerprint density at radius 1 is 1.20 bits per heavy atom. The lowest BCUT2D eigenvalue weighted by Gasteiger charge is -2.25. The van der Waals surface area contributed by atoms with Crippen LogP contribution in [0.3, 0.4) is 0 Å². The van der Waals surface area contributed by atoms with Gasteiger partial charge in [0.25, 0.3) is 0 Å². The zero-order valence-electron chi connectivity index (χ0n) is 6.96. The molecule has 0 rings (SSSR count). The largest absolute Gasteiger partial charge is 0.388 e. The van der Waals surface area contributed by atoms with Crippen LogP contribution in [-0.4, -0.2) is 28.2 Å². The van der Waals surface area contributed by atoms with E-state index >= 15 is 0 Å². The summed E-state index contributed by atoms with van der Waals surface area (Å²) in [6.07, 6.45) is -1.92. The predicted octanol–water partition coefficient (Wildman–Crippen LogP) is 0.501. The molecule has 10 heavy (non-hydrogen) atoms. The second-order valence-corrected chi connectivity index (χ2v) is 3.36. The Hall–Kier alpha value is -0.120. The number of hydrogen-bond acceptors (Lipinski definition) is 3. The lowest BCUT2D eigenvalue weighted by atomic mass is 10.2. The van der Waals surface area contributed by atoms with Crippen molar-refractivity contribution < 1.29 is 14.9 Å². The highest BCUT2D eigenvalue weighted by atomic mass is 16.6. The summed E-state index contributed by atoms with van der Waals surface area (Å²) in [5.41, 5.74) is -0.406. The second kappa shape index (κ2) is 3.32. The Morgan fingerprint density at radius 3 is 1.70 bits per heavy atom. The van der Waals surface area contributed by atoms with Crippen molar-refractivity contribution in [2.45, 2.75) is 45.7 Å². The van der Waals surface area contributed by atoms with Gasteiger partial charge in [-0.1, -0.05) is 0 Å². The van der Waals surface area contributed by atoms with Gasteiger partial charge in [-0.15, -0.1) is 0 Å². The first kappa shape index (κ1) is 9.88. The van der Waals surface area contributed by atoms with Crippen LogP contribution >= 0.6 is 0 Å². The lowest BCUT2D eigenvalue weighted by molar-refractivity contribution is -0.206. The first-order valence-electron chi connectivity index (χ1n) is 3.37. The average Bonchev–Trinajstić information content (AvgIpc) is 1.60. The fourth-order valence-electron chi connectivity index (χ4n) is 0.461. The molecule has 3 nitrogen and oxygen atoms in total. The molecule has 62 valence electrons. The van der Waals surface area contributed by atoms with E-state index in [1.165, 1.54) is 6.92 Å². The predicted molar refractivity (Wildman–Crippen MR) is 38.5 cm³/mol. The number of rotatable bonds is 2. The van der Waals surface area contributed by atoms with E-state index in [0.29, 0.717) is 0 Å². The molecule has 3 heteroatoms. The summed E-state index contributed by atoms with van der Waals surface area (Å²) in [6.45, 7) is 6.94. The number of aliphatic hydroxyl groups is 2. The molecule has 0 aromatic rings. The fraction of sp³-hybridized carbons (Fsp3) is 1.00. The topological polar surface area (TPSA) is 49.7 Å². The normalized spacial score (nSPS) is 18.6. The van der Waals surface area contributed by atoms with Crippen LogP contribution in [0.2, 0.25) is 0 Å². The van der Waals surface area contributed by atoms with Crippen LogP contribution in [0.1, 0.15) is 27.7 Å². The van der Waals surface area contributed by atoms with Crippen LogP contribution in [0, 0.1) is 0 Å². The zero-order chi connectivity index (χ0) is 8.36. The smallest absolute Gasteiger partial charge is 0.181 e. The third-order valence-corrected chi connectivity index (χ3v) is 0.887. The van der Waals surface area contributed by atoms with Gasteiger partial charge >= 0.3 is 0 Å². The molecule has 0 aromatic heterocycles. The summed E-state index contributed by atoms with van der Waals surface area (Å²) >= 11 is 0. The molecule has 0 aromatic carbocycles. The summed E-state index contributed by atoms with van der Waals surface area (Å²) in [5, 5.41) is 17.8. The van der Waals surface area contributed by atoms with Crippen molar-refractivity contribution >= 4 is 0 Å². The molecule has 2 N–H and O–H groups in total. The highest BCUT2D eigenvalue weighted by Gasteiger charge is 2.19. The van der Waals surface area contributed by atoms with Gasteiger partial charge in [0.1, 0.15) is 6.10 Å². The third-order valence-electron chi connectivity index (χ3n) is 0.887. The zero-order valence-corrected chi connectivity index (χ0v) is 6.96. The van der Waals surface area contributed by atoms with E-state index in [9.17, 15) is 0 Å². The van der Waals surface area contributed by atoms with E-state index in [1.807, 2.05) is 20.8 Å². The van der Waals surface area contributed by atoms with E-state index in [4.69, 9.17) is 14.9 Å². The minimum atomic E-state index is -1.08. The molecular weight excluding hydrogens is 132 g/mol. The first-order chi connectivity index (χ1) is 4.33. The summed E-state index contributed by atoms with van der Waals surface area (Å²) < 4.78 is 5.00. The van der Waals surface area contributed by atoms with Crippen LogP contribution in [0.4, 0.5) is 0 Å². The maximum atomic E-state index is 8.99. The van der Waals surface area contributed by atoms with Gasteiger partial charge in [0, 0.05) is 0 Å². The van der Waals surface area contributed by atoms with Crippen molar-refractivity contribution in [3.05, 3.63) is 0 Å². The summed E-state index contributed by atoms with van der Waals surface area (Å²) in [4.78, 5) is 0.